The molecule has 1 unspecified atom stereocenters. The number of anilines is 1. The van der Waals surface area contributed by atoms with E-state index in [1.165, 1.54) is 5.69 Å². The topological polar surface area (TPSA) is 69.1 Å². The first kappa shape index (κ1) is 22.1. The van der Waals surface area contributed by atoms with E-state index >= 15 is 0 Å². The lowest BCUT2D eigenvalue weighted by Crippen LogP contribution is -2.44. The number of ether oxygens (including phenoxy) is 1. The van der Waals surface area contributed by atoms with Crippen molar-refractivity contribution < 1.29 is 9.84 Å². The normalized spacial score (nSPS) is 16.4. The molecule has 28 heavy (non-hydrogen) atoms. The van der Waals surface area contributed by atoms with E-state index < -0.39 is 0 Å². The number of nitrogens with zero attached hydrogens (tertiary/aromatic N) is 2. The average molecular weight is 496 g/mol. The Labute approximate surface area is 184 Å². The molecule has 0 aromatic heterocycles. The summed E-state index contributed by atoms with van der Waals surface area (Å²) in [5.41, 5.74) is 1.99. The molecule has 2 aromatic rings. The lowest BCUT2D eigenvalue weighted by molar-refractivity contribution is 0.370. The van der Waals surface area contributed by atoms with Gasteiger partial charge in [0.05, 0.1) is 13.7 Å². The third kappa shape index (κ3) is 5.67. The third-order valence-corrected chi connectivity index (χ3v) is 4.70. The monoisotopic (exact) mass is 496 g/mol. The molecule has 1 heterocycles. The molecular formula is C21H29IN4O2. The molecule has 3 N–H and O–H groups in total. The smallest absolute Gasteiger partial charge is 0.191 e. The first-order valence-corrected chi connectivity index (χ1v) is 9.41. The van der Waals surface area contributed by atoms with Gasteiger partial charge >= 0.3 is 0 Å². The van der Waals surface area contributed by atoms with Crippen LogP contribution in [0.3, 0.4) is 0 Å². The molecule has 3 rings (SSSR count). The summed E-state index contributed by atoms with van der Waals surface area (Å²) >= 11 is 0. The Hall–Kier alpha value is -2.16. The van der Waals surface area contributed by atoms with Gasteiger partial charge in [-0.2, -0.15) is 0 Å². The van der Waals surface area contributed by atoms with Crippen molar-refractivity contribution in [3.05, 3.63) is 54.1 Å². The maximum absolute atomic E-state index is 10.2. The number of halogens is 1. The number of phenolic OH excluding ortho intramolecular Hbond substituents is 1. The second-order valence-corrected chi connectivity index (χ2v) is 6.57. The molecule has 0 spiro atoms. The SMILES string of the molecule is CCNC(=NCc1cccc(OC)c1O)NC1CCN(c2ccccc2)C1.I. The third-order valence-electron chi connectivity index (χ3n) is 4.70. The summed E-state index contributed by atoms with van der Waals surface area (Å²) in [6, 6.07) is 16.3. The van der Waals surface area contributed by atoms with Crippen LogP contribution < -0.4 is 20.3 Å². The number of para-hydroxylation sites is 2. The van der Waals surface area contributed by atoms with Gasteiger partial charge in [0, 0.05) is 36.9 Å². The molecule has 7 heteroatoms. The Bertz CT molecular complexity index is 770. The molecule has 0 saturated carbocycles. The first-order valence-electron chi connectivity index (χ1n) is 9.41. The van der Waals surface area contributed by atoms with Gasteiger partial charge in [0.2, 0.25) is 0 Å². The molecule has 1 atom stereocenters. The Kier molecular flexibility index (Phi) is 8.69. The predicted molar refractivity (Wildman–Crippen MR) is 125 cm³/mol. The van der Waals surface area contributed by atoms with Crippen LogP contribution in [0.4, 0.5) is 5.69 Å². The quantitative estimate of drug-likeness (QED) is 0.325. The van der Waals surface area contributed by atoms with Crippen LogP contribution in [0.15, 0.2) is 53.5 Å². The van der Waals surface area contributed by atoms with E-state index in [1.807, 2.05) is 25.1 Å². The van der Waals surface area contributed by atoms with Gasteiger partial charge < -0.3 is 25.4 Å². The molecule has 6 nitrogen and oxygen atoms in total. The highest BCUT2D eigenvalue weighted by Crippen LogP contribution is 2.29. The first-order chi connectivity index (χ1) is 13.2. The Morgan fingerprint density at radius 1 is 1.21 bits per heavy atom. The molecule has 1 fully saturated rings. The standard InChI is InChI=1S/C21H28N4O2.HI/c1-3-22-21(23-14-16-8-7-11-19(27-2)20(16)26)24-17-12-13-25(15-17)18-9-5-4-6-10-18;/h4-11,17,26H,3,12-15H2,1-2H3,(H2,22,23,24);1H. The highest BCUT2D eigenvalue weighted by atomic mass is 127. The van der Waals surface area contributed by atoms with E-state index in [1.54, 1.807) is 13.2 Å². The number of hydrogen-bond acceptors (Lipinski definition) is 4. The van der Waals surface area contributed by atoms with Crippen molar-refractivity contribution in [3.63, 3.8) is 0 Å². The van der Waals surface area contributed by atoms with Gasteiger partial charge in [0.15, 0.2) is 17.5 Å². The van der Waals surface area contributed by atoms with Crippen molar-refractivity contribution in [1.29, 1.82) is 0 Å². The number of guanidine groups is 1. The molecule has 0 amide bonds. The molecule has 1 aliphatic rings. The number of nitrogens with one attached hydrogen (secondary N) is 2. The molecule has 0 radical (unpaired) electrons. The predicted octanol–water partition coefficient (Wildman–Crippen LogP) is 3.35. The van der Waals surface area contributed by atoms with E-state index in [-0.39, 0.29) is 29.7 Å². The number of aromatic hydroxyl groups is 1. The summed E-state index contributed by atoms with van der Waals surface area (Å²) in [4.78, 5) is 7.03. The second-order valence-electron chi connectivity index (χ2n) is 6.57. The van der Waals surface area contributed by atoms with E-state index in [0.717, 1.165) is 37.6 Å². The van der Waals surface area contributed by atoms with Crippen molar-refractivity contribution in [1.82, 2.24) is 10.6 Å². The number of phenols is 1. The van der Waals surface area contributed by atoms with Crippen molar-refractivity contribution in [2.24, 2.45) is 4.99 Å². The zero-order valence-electron chi connectivity index (χ0n) is 16.4. The molecule has 1 saturated heterocycles. The van der Waals surface area contributed by atoms with Gasteiger partial charge in [-0.05, 0) is 31.5 Å². The Balaban J connectivity index is 0.00000280. The summed E-state index contributed by atoms with van der Waals surface area (Å²) in [6.07, 6.45) is 1.06. The molecule has 0 aliphatic carbocycles. The lowest BCUT2D eigenvalue weighted by Gasteiger charge is -2.20. The van der Waals surface area contributed by atoms with Crippen LogP contribution in [-0.4, -0.2) is 43.9 Å². The van der Waals surface area contributed by atoms with Crippen LogP contribution in [0.5, 0.6) is 11.5 Å². The summed E-state index contributed by atoms with van der Waals surface area (Å²) in [5, 5.41) is 17.0. The molecule has 0 bridgehead atoms. The van der Waals surface area contributed by atoms with Crippen LogP contribution in [0.25, 0.3) is 0 Å². The molecule has 1 aliphatic heterocycles. The van der Waals surface area contributed by atoms with Crippen LogP contribution in [0, 0.1) is 0 Å². The fraction of sp³-hybridized carbons (Fsp3) is 0.381. The molecule has 2 aromatic carbocycles. The maximum Gasteiger partial charge on any atom is 0.191 e. The fourth-order valence-corrected chi connectivity index (χ4v) is 3.29. The van der Waals surface area contributed by atoms with Crippen LogP contribution in [-0.2, 0) is 6.54 Å². The van der Waals surface area contributed by atoms with Crippen molar-refractivity contribution in [3.8, 4) is 11.5 Å². The van der Waals surface area contributed by atoms with Gasteiger partial charge in [0.1, 0.15) is 0 Å². The van der Waals surface area contributed by atoms with E-state index in [2.05, 4.69) is 44.8 Å². The van der Waals surface area contributed by atoms with Gasteiger partial charge in [-0.1, -0.05) is 30.3 Å². The van der Waals surface area contributed by atoms with Crippen molar-refractivity contribution in [2.75, 3.05) is 31.6 Å². The summed E-state index contributed by atoms with van der Waals surface area (Å²) in [5.74, 6) is 1.38. The van der Waals surface area contributed by atoms with Crippen LogP contribution >= 0.6 is 24.0 Å². The minimum atomic E-state index is 0. The van der Waals surface area contributed by atoms with Crippen molar-refractivity contribution >= 4 is 35.6 Å². The molecular weight excluding hydrogens is 467 g/mol. The number of methoxy groups -OCH3 is 1. The van der Waals surface area contributed by atoms with E-state index in [4.69, 9.17) is 4.74 Å². The minimum absolute atomic E-state index is 0. The highest BCUT2D eigenvalue weighted by Gasteiger charge is 2.23. The molecule has 152 valence electrons. The van der Waals surface area contributed by atoms with Crippen molar-refractivity contribution in [2.45, 2.75) is 25.9 Å². The Morgan fingerprint density at radius 3 is 2.71 bits per heavy atom. The zero-order valence-corrected chi connectivity index (χ0v) is 18.7. The number of benzene rings is 2. The van der Waals surface area contributed by atoms with Gasteiger partial charge in [-0.3, -0.25) is 0 Å². The number of aliphatic imine (C=N–C) groups is 1. The zero-order chi connectivity index (χ0) is 19.1. The maximum atomic E-state index is 10.2. The minimum Gasteiger partial charge on any atom is -0.504 e. The van der Waals surface area contributed by atoms with Gasteiger partial charge in [-0.25, -0.2) is 4.99 Å². The average Bonchev–Trinajstić information content (AvgIpc) is 3.16. The largest absolute Gasteiger partial charge is 0.504 e. The fourth-order valence-electron chi connectivity index (χ4n) is 3.29. The van der Waals surface area contributed by atoms with Gasteiger partial charge in [-0.15, -0.1) is 24.0 Å². The van der Waals surface area contributed by atoms with Crippen LogP contribution in [0.2, 0.25) is 0 Å². The van der Waals surface area contributed by atoms with E-state index in [9.17, 15) is 5.11 Å². The van der Waals surface area contributed by atoms with E-state index in [0.29, 0.717) is 18.3 Å². The van der Waals surface area contributed by atoms with Gasteiger partial charge in [0.25, 0.3) is 0 Å². The highest BCUT2D eigenvalue weighted by molar-refractivity contribution is 14.0. The number of hydrogen-bond donors (Lipinski definition) is 3. The Morgan fingerprint density at radius 2 is 2.00 bits per heavy atom. The number of rotatable bonds is 6. The summed E-state index contributed by atoms with van der Waals surface area (Å²) < 4.78 is 5.17. The second kappa shape index (κ2) is 11.0. The summed E-state index contributed by atoms with van der Waals surface area (Å²) in [6.45, 7) is 5.18. The lowest BCUT2D eigenvalue weighted by atomic mass is 10.2. The summed E-state index contributed by atoms with van der Waals surface area (Å²) in [7, 11) is 1.55. The van der Waals surface area contributed by atoms with Crippen LogP contribution in [0.1, 0.15) is 18.9 Å².